The highest BCUT2D eigenvalue weighted by atomic mass is 35.5. The summed E-state index contributed by atoms with van der Waals surface area (Å²) in [6, 6.07) is 26.6. The summed E-state index contributed by atoms with van der Waals surface area (Å²) in [4.78, 5) is 12.5. The number of ether oxygens (including phenoxy) is 3. The first-order valence-corrected chi connectivity index (χ1v) is 12.0. The molecule has 0 spiro atoms. The number of hydrogen-bond acceptors (Lipinski definition) is 5. The Morgan fingerprint density at radius 3 is 2.50 bits per heavy atom. The number of carbonyl (C=O) groups is 1. The second kappa shape index (κ2) is 12.1. The van der Waals surface area contributed by atoms with Crippen molar-refractivity contribution in [2.24, 2.45) is 5.10 Å². The number of carbonyl (C=O) groups excluding carboxylic acids is 1. The van der Waals surface area contributed by atoms with Gasteiger partial charge in [-0.1, -0.05) is 54.1 Å². The van der Waals surface area contributed by atoms with E-state index in [1.165, 1.54) is 0 Å². The first-order valence-electron chi connectivity index (χ1n) is 11.6. The standard InChI is InChI=1S/C29H27ClN2O4/c1-3-34-28-16-22(10-15-27(28)35-19-21-8-12-25(30)13-9-21)18-31-32-29(33)20(2)36-26-14-11-23-6-4-5-7-24(23)17-26/h4-18,20H,3,19H2,1-2H3,(H,32,33)/b31-18+. The highest BCUT2D eigenvalue weighted by Crippen LogP contribution is 2.29. The third kappa shape index (κ3) is 6.77. The first-order chi connectivity index (χ1) is 17.5. The minimum absolute atomic E-state index is 0.354. The van der Waals surface area contributed by atoms with Crippen LogP contribution in [0, 0.1) is 0 Å². The van der Waals surface area contributed by atoms with Crippen molar-refractivity contribution in [3.05, 3.63) is 101 Å². The van der Waals surface area contributed by atoms with Crippen molar-refractivity contribution >= 4 is 34.5 Å². The van der Waals surface area contributed by atoms with Crippen molar-refractivity contribution in [2.75, 3.05) is 6.61 Å². The normalized spacial score (nSPS) is 11.9. The molecule has 1 N–H and O–H groups in total. The van der Waals surface area contributed by atoms with Gasteiger partial charge in [-0.25, -0.2) is 5.43 Å². The molecule has 4 aromatic rings. The molecule has 4 rings (SSSR count). The van der Waals surface area contributed by atoms with Crippen LogP contribution in [-0.2, 0) is 11.4 Å². The Balaban J connectivity index is 1.34. The summed E-state index contributed by atoms with van der Waals surface area (Å²) in [5.74, 6) is 1.48. The Hall–Kier alpha value is -4.03. The highest BCUT2D eigenvalue weighted by Gasteiger charge is 2.14. The van der Waals surface area contributed by atoms with Crippen LogP contribution in [0.15, 0.2) is 90.0 Å². The number of benzene rings is 4. The van der Waals surface area contributed by atoms with E-state index in [1.54, 1.807) is 13.1 Å². The van der Waals surface area contributed by atoms with Crippen molar-refractivity contribution in [3.63, 3.8) is 0 Å². The lowest BCUT2D eigenvalue weighted by Crippen LogP contribution is -2.33. The molecule has 1 unspecified atom stereocenters. The fourth-order valence-corrected chi connectivity index (χ4v) is 3.62. The molecule has 0 aliphatic carbocycles. The van der Waals surface area contributed by atoms with Crippen LogP contribution in [0.2, 0.25) is 5.02 Å². The van der Waals surface area contributed by atoms with Gasteiger partial charge in [0.15, 0.2) is 17.6 Å². The van der Waals surface area contributed by atoms with Crippen LogP contribution < -0.4 is 19.6 Å². The van der Waals surface area contributed by atoms with Gasteiger partial charge >= 0.3 is 0 Å². The molecule has 0 saturated carbocycles. The molecule has 36 heavy (non-hydrogen) atoms. The fraction of sp³-hybridized carbons (Fsp3) is 0.172. The number of halogens is 1. The van der Waals surface area contributed by atoms with Crippen LogP contribution in [0.5, 0.6) is 17.2 Å². The van der Waals surface area contributed by atoms with Crippen molar-refractivity contribution in [3.8, 4) is 17.2 Å². The maximum atomic E-state index is 12.5. The van der Waals surface area contributed by atoms with E-state index in [0.717, 1.165) is 21.9 Å². The molecular weight excluding hydrogens is 476 g/mol. The van der Waals surface area contributed by atoms with E-state index >= 15 is 0 Å². The largest absolute Gasteiger partial charge is 0.490 e. The third-order valence-corrected chi connectivity index (χ3v) is 5.62. The van der Waals surface area contributed by atoms with Gasteiger partial charge < -0.3 is 14.2 Å². The molecule has 0 saturated heterocycles. The monoisotopic (exact) mass is 502 g/mol. The van der Waals surface area contributed by atoms with Gasteiger partial charge in [0.1, 0.15) is 12.4 Å². The van der Waals surface area contributed by atoms with E-state index in [0.29, 0.717) is 35.5 Å². The molecule has 0 aliphatic heterocycles. The minimum atomic E-state index is -0.717. The number of nitrogens with zero attached hydrogens (tertiary/aromatic N) is 1. The quantitative estimate of drug-likeness (QED) is 0.201. The highest BCUT2D eigenvalue weighted by molar-refractivity contribution is 6.30. The zero-order valence-corrected chi connectivity index (χ0v) is 20.9. The van der Waals surface area contributed by atoms with Crippen LogP contribution in [0.3, 0.4) is 0 Å². The van der Waals surface area contributed by atoms with E-state index < -0.39 is 6.10 Å². The van der Waals surface area contributed by atoms with Gasteiger partial charge in [-0.05, 0) is 78.2 Å². The SMILES string of the molecule is CCOc1cc(/C=N/NC(=O)C(C)Oc2ccc3ccccc3c2)ccc1OCc1ccc(Cl)cc1. The van der Waals surface area contributed by atoms with E-state index in [4.69, 9.17) is 25.8 Å². The Morgan fingerprint density at radius 2 is 1.72 bits per heavy atom. The van der Waals surface area contributed by atoms with E-state index in [9.17, 15) is 4.79 Å². The van der Waals surface area contributed by atoms with E-state index in [2.05, 4.69) is 10.5 Å². The molecule has 4 aromatic carbocycles. The Kier molecular flexibility index (Phi) is 8.42. The zero-order chi connectivity index (χ0) is 25.3. The predicted octanol–water partition coefficient (Wildman–Crippen LogP) is 6.39. The van der Waals surface area contributed by atoms with Gasteiger partial charge in [-0.15, -0.1) is 0 Å². The summed E-state index contributed by atoms with van der Waals surface area (Å²) in [6.07, 6.45) is 0.831. The van der Waals surface area contributed by atoms with Gasteiger partial charge in [0.05, 0.1) is 12.8 Å². The molecular formula is C29H27ClN2O4. The summed E-state index contributed by atoms with van der Waals surface area (Å²) in [5, 5.41) is 6.91. The molecule has 1 atom stereocenters. The lowest BCUT2D eigenvalue weighted by molar-refractivity contribution is -0.127. The van der Waals surface area contributed by atoms with Gasteiger partial charge in [0.25, 0.3) is 5.91 Å². The number of fused-ring (bicyclic) bond motifs is 1. The van der Waals surface area contributed by atoms with E-state index in [-0.39, 0.29) is 5.91 Å². The molecule has 184 valence electrons. The second-order valence-electron chi connectivity index (χ2n) is 8.06. The third-order valence-electron chi connectivity index (χ3n) is 5.37. The topological polar surface area (TPSA) is 69.2 Å². The van der Waals surface area contributed by atoms with Crippen molar-refractivity contribution in [2.45, 2.75) is 26.6 Å². The van der Waals surface area contributed by atoms with Crippen molar-refractivity contribution < 1.29 is 19.0 Å². The molecule has 0 fully saturated rings. The summed E-state index contributed by atoms with van der Waals surface area (Å²) >= 11 is 5.94. The predicted molar refractivity (Wildman–Crippen MR) is 143 cm³/mol. The van der Waals surface area contributed by atoms with Crippen LogP contribution >= 0.6 is 11.6 Å². The average Bonchev–Trinajstić information content (AvgIpc) is 2.89. The molecule has 0 aliphatic rings. The number of rotatable bonds is 10. The van der Waals surface area contributed by atoms with Crippen LogP contribution in [0.1, 0.15) is 25.0 Å². The summed E-state index contributed by atoms with van der Waals surface area (Å²) in [6.45, 7) is 4.45. The average molecular weight is 503 g/mol. The Morgan fingerprint density at radius 1 is 0.944 bits per heavy atom. The first kappa shape index (κ1) is 25.1. The minimum Gasteiger partial charge on any atom is -0.490 e. The van der Waals surface area contributed by atoms with Crippen molar-refractivity contribution in [1.82, 2.24) is 5.43 Å². The van der Waals surface area contributed by atoms with Gasteiger partial charge in [-0.3, -0.25) is 4.79 Å². The van der Waals surface area contributed by atoms with E-state index in [1.807, 2.05) is 91.9 Å². The van der Waals surface area contributed by atoms with Crippen LogP contribution in [0.25, 0.3) is 10.8 Å². The molecule has 0 heterocycles. The Labute approximate surface area is 215 Å². The maximum Gasteiger partial charge on any atom is 0.280 e. The fourth-order valence-electron chi connectivity index (χ4n) is 3.49. The number of amides is 1. The lowest BCUT2D eigenvalue weighted by Gasteiger charge is -2.14. The second-order valence-corrected chi connectivity index (χ2v) is 8.49. The zero-order valence-electron chi connectivity index (χ0n) is 20.1. The molecule has 7 heteroatoms. The number of hydrazone groups is 1. The summed E-state index contributed by atoms with van der Waals surface area (Å²) in [7, 11) is 0. The van der Waals surface area contributed by atoms with Gasteiger partial charge in [-0.2, -0.15) is 5.10 Å². The van der Waals surface area contributed by atoms with Crippen LogP contribution in [-0.4, -0.2) is 24.8 Å². The van der Waals surface area contributed by atoms with Gasteiger partial charge in [0, 0.05) is 5.02 Å². The lowest BCUT2D eigenvalue weighted by atomic mass is 10.1. The van der Waals surface area contributed by atoms with Gasteiger partial charge in [0.2, 0.25) is 0 Å². The molecule has 0 bridgehead atoms. The van der Waals surface area contributed by atoms with Crippen molar-refractivity contribution in [1.29, 1.82) is 0 Å². The smallest absolute Gasteiger partial charge is 0.280 e. The molecule has 1 amide bonds. The molecule has 6 nitrogen and oxygen atoms in total. The Bertz CT molecular complexity index is 1360. The number of hydrogen-bond donors (Lipinski definition) is 1. The number of nitrogens with one attached hydrogen (secondary N) is 1. The molecule has 0 aromatic heterocycles. The maximum absolute atomic E-state index is 12.5. The van der Waals surface area contributed by atoms with Crippen LogP contribution in [0.4, 0.5) is 0 Å². The summed E-state index contributed by atoms with van der Waals surface area (Å²) < 4.78 is 17.5. The summed E-state index contributed by atoms with van der Waals surface area (Å²) in [5.41, 5.74) is 4.27. The molecule has 0 radical (unpaired) electrons.